The molecule has 9 nitrogen and oxygen atoms in total. The second-order valence-electron chi connectivity index (χ2n) is 12.6. The molecule has 2 aromatic carbocycles. The van der Waals surface area contributed by atoms with E-state index in [1.165, 1.54) is 0 Å². The minimum Gasteiger partial charge on any atom is -0.444 e. The summed E-state index contributed by atoms with van der Waals surface area (Å²) in [6.45, 7) is 6.46. The average molecular weight is 573 g/mol. The maximum Gasteiger partial charge on any atom is 0.411 e. The summed E-state index contributed by atoms with van der Waals surface area (Å²) in [6.07, 6.45) is 3.81. The number of hydrogen-bond acceptors (Lipinski definition) is 6. The van der Waals surface area contributed by atoms with Crippen LogP contribution in [0.5, 0.6) is 0 Å². The smallest absolute Gasteiger partial charge is 0.411 e. The lowest BCUT2D eigenvalue weighted by Gasteiger charge is -2.50. The van der Waals surface area contributed by atoms with Gasteiger partial charge in [0.05, 0.1) is 19.1 Å². The molecule has 0 radical (unpaired) electrons. The Hall–Kier alpha value is -3.90. The molecule has 3 aliphatic heterocycles. The Morgan fingerprint density at radius 3 is 2.40 bits per heavy atom. The van der Waals surface area contributed by atoms with Gasteiger partial charge in [0.2, 0.25) is 11.8 Å². The largest absolute Gasteiger partial charge is 0.444 e. The number of fused-ring (bicyclic) bond motifs is 4. The number of carbonyl (C=O) groups excluding carboxylic acids is 3. The number of nitriles is 1. The quantitative estimate of drug-likeness (QED) is 0.494. The van der Waals surface area contributed by atoms with Gasteiger partial charge in [-0.3, -0.25) is 14.5 Å². The third-order valence-corrected chi connectivity index (χ3v) is 8.49. The number of benzene rings is 2. The molecule has 0 spiro atoms. The van der Waals surface area contributed by atoms with E-state index in [1.807, 2.05) is 63.2 Å². The molecule has 6 rings (SSSR count). The summed E-state index contributed by atoms with van der Waals surface area (Å²) in [5.74, 6) is -0.146. The van der Waals surface area contributed by atoms with Gasteiger partial charge in [0.15, 0.2) is 0 Å². The highest BCUT2D eigenvalue weighted by atomic mass is 16.6. The highest BCUT2D eigenvalue weighted by molar-refractivity contribution is 6.02. The molecule has 1 saturated carbocycles. The average Bonchev–Trinajstić information content (AvgIpc) is 3.29. The topological polar surface area (TPSA) is 112 Å². The molecule has 2 aromatic rings. The standard InChI is InChI=1S/C33H40N4O5/c1-33(2,3)42-32(40)37-27-13-11-23(12-14-27)30(37)31(39)35-26(20-34)17-21-5-7-22(8-6-21)24-9-10-25-19-29(38)36(15-16-41-4)28(25)18-24/h5-10,18,23,26-27,30H,11-17,19H2,1-4H3,(H,35,39). The van der Waals surface area contributed by atoms with E-state index in [0.717, 1.165) is 53.6 Å². The maximum atomic E-state index is 13.5. The third-order valence-electron chi connectivity index (χ3n) is 8.49. The summed E-state index contributed by atoms with van der Waals surface area (Å²) < 4.78 is 10.8. The molecular weight excluding hydrogens is 532 g/mol. The van der Waals surface area contributed by atoms with Gasteiger partial charge in [-0.15, -0.1) is 0 Å². The fourth-order valence-corrected chi connectivity index (χ4v) is 6.49. The number of piperidine rings is 2. The summed E-state index contributed by atoms with van der Waals surface area (Å²) in [4.78, 5) is 42.5. The van der Waals surface area contributed by atoms with Crippen molar-refractivity contribution in [1.29, 1.82) is 5.26 Å². The fraction of sp³-hybridized carbons (Fsp3) is 0.515. The highest BCUT2D eigenvalue weighted by Crippen LogP contribution is 2.40. The van der Waals surface area contributed by atoms with Gasteiger partial charge in [0.1, 0.15) is 17.7 Å². The molecule has 0 aromatic heterocycles. The molecule has 2 atom stereocenters. The van der Waals surface area contributed by atoms with Crippen LogP contribution in [-0.4, -0.2) is 66.8 Å². The van der Waals surface area contributed by atoms with Gasteiger partial charge in [-0.2, -0.15) is 5.26 Å². The zero-order chi connectivity index (χ0) is 30.0. The molecule has 2 bridgehead atoms. The number of hydrogen-bond donors (Lipinski definition) is 1. The first-order valence-electron chi connectivity index (χ1n) is 14.8. The van der Waals surface area contributed by atoms with E-state index < -0.39 is 23.8 Å². The van der Waals surface area contributed by atoms with Crippen molar-refractivity contribution in [3.05, 3.63) is 53.6 Å². The lowest BCUT2D eigenvalue weighted by molar-refractivity contribution is -0.135. The molecule has 2 saturated heterocycles. The van der Waals surface area contributed by atoms with Crippen molar-refractivity contribution < 1.29 is 23.9 Å². The van der Waals surface area contributed by atoms with Crippen LogP contribution in [0.25, 0.3) is 11.1 Å². The van der Waals surface area contributed by atoms with Gasteiger partial charge in [-0.1, -0.05) is 36.4 Å². The number of nitrogens with zero attached hydrogens (tertiary/aromatic N) is 3. The van der Waals surface area contributed by atoms with Crippen LogP contribution in [0.1, 0.15) is 57.6 Å². The summed E-state index contributed by atoms with van der Waals surface area (Å²) in [7, 11) is 1.63. The zero-order valence-corrected chi connectivity index (χ0v) is 24.9. The van der Waals surface area contributed by atoms with Crippen molar-refractivity contribution >= 4 is 23.6 Å². The predicted octanol–water partition coefficient (Wildman–Crippen LogP) is 4.62. The van der Waals surface area contributed by atoms with Crippen molar-refractivity contribution in [3.8, 4) is 17.2 Å². The molecule has 3 heterocycles. The van der Waals surface area contributed by atoms with Gasteiger partial charge in [0, 0.05) is 31.8 Å². The molecule has 1 aliphatic carbocycles. The van der Waals surface area contributed by atoms with Crippen molar-refractivity contribution in [2.75, 3.05) is 25.2 Å². The Morgan fingerprint density at radius 1 is 1.07 bits per heavy atom. The Kier molecular flexibility index (Phi) is 8.55. The van der Waals surface area contributed by atoms with Crippen LogP contribution in [0, 0.1) is 17.2 Å². The second-order valence-corrected chi connectivity index (χ2v) is 12.6. The number of carbonyl (C=O) groups is 3. The predicted molar refractivity (Wildman–Crippen MR) is 159 cm³/mol. The molecule has 9 heteroatoms. The Bertz CT molecular complexity index is 1370. The van der Waals surface area contributed by atoms with Crippen molar-refractivity contribution in [2.24, 2.45) is 5.92 Å². The van der Waals surface area contributed by atoms with Gasteiger partial charge in [-0.25, -0.2) is 4.79 Å². The summed E-state index contributed by atoms with van der Waals surface area (Å²) in [5, 5.41) is 12.8. The van der Waals surface area contributed by atoms with Crippen LogP contribution in [-0.2, 0) is 31.9 Å². The van der Waals surface area contributed by atoms with E-state index in [9.17, 15) is 19.6 Å². The Morgan fingerprint density at radius 2 is 1.76 bits per heavy atom. The Balaban J connectivity index is 1.26. The van der Waals surface area contributed by atoms with E-state index in [1.54, 1.807) is 16.9 Å². The second kappa shape index (κ2) is 12.1. The van der Waals surface area contributed by atoms with Gasteiger partial charge >= 0.3 is 6.09 Å². The normalized spacial score (nSPS) is 22.0. The van der Waals surface area contributed by atoms with E-state index in [-0.39, 0.29) is 23.8 Å². The molecule has 3 amide bonds. The van der Waals surface area contributed by atoms with Gasteiger partial charge in [0.25, 0.3) is 0 Å². The first-order chi connectivity index (χ1) is 20.1. The van der Waals surface area contributed by atoms with Crippen molar-refractivity contribution in [2.45, 2.75) is 83.0 Å². The van der Waals surface area contributed by atoms with E-state index >= 15 is 0 Å². The molecular formula is C33H40N4O5. The molecule has 1 N–H and O–H groups in total. The SMILES string of the molecule is COCCN1C(=O)Cc2ccc(-c3ccc(CC(C#N)NC(=O)C4C5CCC(CC5)N4C(=O)OC(C)(C)C)cc3)cc21. The first-order valence-corrected chi connectivity index (χ1v) is 14.8. The van der Waals surface area contributed by atoms with Gasteiger partial charge < -0.3 is 19.7 Å². The molecule has 222 valence electrons. The number of anilines is 1. The first kappa shape index (κ1) is 29.6. The third kappa shape index (κ3) is 6.29. The lowest BCUT2D eigenvalue weighted by Crippen LogP contribution is -2.64. The summed E-state index contributed by atoms with van der Waals surface area (Å²) >= 11 is 0. The van der Waals surface area contributed by atoms with Crippen LogP contribution < -0.4 is 10.2 Å². The molecule has 2 unspecified atom stereocenters. The molecule has 3 fully saturated rings. The van der Waals surface area contributed by atoms with Crippen LogP contribution >= 0.6 is 0 Å². The van der Waals surface area contributed by atoms with E-state index in [2.05, 4.69) is 11.4 Å². The van der Waals surface area contributed by atoms with E-state index in [0.29, 0.717) is 26.0 Å². The minimum absolute atomic E-state index is 0.0157. The lowest BCUT2D eigenvalue weighted by atomic mass is 9.74. The maximum absolute atomic E-state index is 13.5. The number of ether oxygens (including phenoxy) is 2. The molecule has 4 aliphatic rings. The number of amides is 3. The number of rotatable bonds is 8. The van der Waals surface area contributed by atoms with Crippen molar-refractivity contribution in [1.82, 2.24) is 10.2 Å². The monoisotopic (exact) mass is 572 g/mol. The van der Waals surface area contributed by atoms with Crippen molar-refractivity contribution in [3.63, 3.8) is 0 Å². The highest BCUT2D eigenvalue weighted by Gasteiger charge is 2.49. The fourth-order valence-electron chi connectivity index (χ4n) is 6.49. The summed E-state index contributed by atoms with van der Waals surface area (Å²) in [6, 6.07) is 14.8. The van der Waals surface area contributed by atoms with Crippen LogP contribution in [0.3, 0.4) is 0 Å². The number of methoxy groups -OCH3 is 1. The van der Waals surface area contributed by atoms with Crippen LogP contribution in [0.15, 0.2) is 42.5 Å². The zero-order valence-electron chi connectivity index (χ0n) is 24.9. The van der Waals surface area contributed by atoms with Crippen LogP contribution in [0.4, 0.5) is 10.5 Å². The summed E-state index contributed by atoms with van der Waals surface area (Å²) in [5.41, 5.74) is 4.19. The Labute approximate surface area is 247 Å². The molecule has 42 heavy (non-hydrogen) atoms. The van der Waals surface area contributed by atoms with Crippen LogP contribution in [0.2, 0.25) is 0 Å². The minimum atomic E-state index is -0.732. The van der Waals surface area contributed by atoms with Gasteiger partial charge in [-0.05, 0) is 80.7 Å². The number of nitrogens with one attached hydrogen (secondary N) is 1. The van der Waals surface area contributed by atoms with E-state index in [4.69, 9.17) is 9.47 Å².